The minimum Gasteiger partial charge on any atom is -0.383 e. The van der Waals surface area contributed by atoms with Gasteiger partial charge in [-0.2, -0.15) is 5.10 Å². The van der Waals surface area contributed by atoms with E-state index in [-0.39, 0.29) is 0 Å². The van der Waals surface area contributed by atoms with E-state index in [2.05, 4.69) is 43.6 Å². The fourth-order valence-corrected chi connectivity index (χ4v) is 5.11. The summed E-state index contributed by atoms with van der Waals surface area (Å²) in [6, 6.07) is 9.24. The number of anilines is 1. The zero-order chi connectivity index (χ0) is 21.4. The number of hydrogen-bond acceptors (Lipinski definition) is 7. The van der Waals surface area contributed by atoms with Gasteiger partial charge in [0.05, 0.1) is 11.4 Å². The fraction of sp³-hybridized carbons (Fsp3) is 0.522. The van der Waals surface area contributed by atoms with E-state index in [1.165, 1.54) is 39.0 Å². The van der Waals surface area contributed by atoms with E-state index in [9.17, 15) is 0 Å². The molecule has 1 saturated carbocycles. The van der Waals surface area contributed by atoms with E-state index in [4.69, 9.17) is 16.6 Å². The van der Waals surface area contributed by atoms with Crippen LogP contribution in [0, 0.1) is 0 Å². The number of fused-ring (bicyclic) bond motifs is 1. The third kappa shape index (κ3) is 3.91. The standard InChI is InChI=1S/C23H32N8/c1-29-10-12-30(13-11-29)18-6-8-19(9-7-18)31-23-20(22(25)26-15-27-23)21(28-31)17-4-2-16(14-24)3-5-17/h2-5,15,18-19H,6-14,24H2,1H3,(H2,25,26,27). The SMILES string of the molecule is CN1CCN(C2CCC(n3nc(-c4ccc(CN)cc4)c4c(N)ncnc43)CC2)CC1. The van der Waals surface area contributed by atoms with Gasteiger partial charge in [0.2, 0.25) is 0 Å². The molecule has 4 N–H and O–H groups in total. The van der Waals surface area contributed by atoms with Crippen LogP contribution in [-0.2, 0) is 6.54 Å². The number of piperazine rings is 1. The van der Waals surface area contributed by atoms with Gasteiger partial charge in [-0.05, 0) is 38.3 Å². The molecule has 3 aromatic rings. The van der Waals surface area contributed by atoms with Crippen LogP contribution in [0.1, 0.15) is 37.3 Å². The predicted molar refractivity (Wildman–Crippen MR) is 123 cm³/mol. The van der Waals surface area contributed by atoms with Crippen molar-refractivity contribution in [2.75, 3.05) is 39.0 Å². The zero-order valence-electron chi connectivity index (χ0n) is 18.2. The number of nitrogens with two attached hydrogens (primary N) is 2. The summed E-state index contributed by atoms with van der Waals surface area (Å²) < 4.78 is 2.11. The van der Waals surface area contributed by atoms with E-state index in [1.807, 2.05) is 12.1 Å². The van der Waals surface area contributed by atoms with Crippen LogP contribution in [-0.4, -0.2) is 68.8 Å². The first-order valence-electron chi connectivity index (χ1n) is 11.3. The summed E-state index contributed by atoms with van der Waals surface area (Å²) in [5.41, 5.74) is 15.9. The van der Waals surface area contributed by atoms with Gasteiger partial charge in [-0.3, -0.25) is 4.90 Å². The average Bonchev–Trinajstić information content (AvgIpc) is 3.21. The molecule has 3 heterocycles. The van der Waals surface area contributed by atoms with Crippen molar-refractivity contribution < 1.29 is 0 Å². The van der Waals surface area contributed by atoms with E-state index in [0.717, 1.165) is 40.7 Å². The van der Waals surface area contributed by atoms with E-state index < -0.39 is 0 Å². The van der Waals surface area contributed by atoms with Gasteiger partial charge in [-0.1, -0.05) is 24.3 Å². The van der Waals surface area contributed by atoms with Crippen molar-refractivity contribution in [3.8, 4) is 11.3 Å². The Morgan fingerprint density at radius 1 is 0.935 bits per heavy atom. The summed E-state index contributed by atoms with van der Waals surface area (Å²) in [7, 11) is 2.21. The molecule has 2 fully saturated rings. The number of aromatic nitrogens is 4. The highest BCUT2D eigenvalue weighted by Gasteiger charge is 2.30. The highest BCUT2D eigenvalue weighted by atomic mass is 15.3. The van der Waals surface area contributed by atoms with Crippen molar-refractivity contribution >= 4 is 16.9 Å². The summed E-state index contributed by atoms with van der Waals surface area (Å²) >= 11 is 0. The Balaban J connectivity index is 1.41. The van der Waals surface area contributed by atoms with Crippen molar-refractivity contribution in [3.05, 3.63) is 36.2 Å². The molecule has 8 heteroatoms. The average molecular weight is 421 g/mol. The molecule has 1 saturated heterocycles. The van der Waals surface area contributed by atoms with E-state index in [1.54, 1.807) is 6.33 Å². The minimum atomic E-state index is 0.345. The van der Waals surface area contributed by atoms with Crippen LogP contribution in [0.3, 0.4) is 0 Å². The Bertz CT molecular complexity index is 1030. The first-order chi connectivity index (χ1) is 15.1. The van der Waals surface area contributed by atoms with Crippen molar-refractivity contribution in [3.63, 3.8) is 0 Å². The molecule has 2 aliphatic rings. The number of nitrogens with zero attached hydrogens (tertiary/aromatic N) is 6. The summed E-state index contributed by atoms with van der Waals surface area (Å²) in [5, 5.41) is 5.88. The lowest BCUT2D eigenvalue weighted by Gasteiger charge is -2.41. The number of hydrogen-bond donors (Lipinski definition) is 2. The van der Waals surface area contributed by atoms with Crippen molar-refractivity contribution in [1.82, 2.24) is 29.5 Å². The van der Waals surface area contributed by atoms with Crippen LogP contribution in [0.25, 0.3) is 22.3 Å². The number of rotatable bonds is 4. The molecule has 0 spiro atoms. The quantitative estimate of drug-likeness (QED) is 0.667. The molecule has 31 heavy (non-hydrogen) atoms. The lowest BCUT2D eigenvalue weighted by molar-refractivity contribution is 0.0815. The maximum atomic E-state index is 6.29. The Kier molecular flexibility index (Phi) is 5.60. The number of likely N-dealkylation sites (N-methyl/N-ethyl adjacent to an activating group) is 1. The van der Waals surface area contributed by atoms with E-state index >= 15 is 0 Å². The Morgan fingerprint density at radius 3 is 2.29 bits per heavy atom. The Morgan fingerprint density at radius 2 is 1.61 bits per heavy atom. The summed E-state index contributed by atoms with van der Waals surface area (Å²) in [6.07, 6.45) is 6.19. The molecule has 0 amide bonds. The summed E-state index contributed by atoms with van der Waals surface area (Å²) in [5.74, 6) is 0.486. The molecule has 8 nitrogen and oxygen atoms in total. The van der Waals surface area contributed by atoms with Gasteiger partial charge < -0.3 is 16.4 Å². The molecule has 0 radical (unpaired) electrons. The lowest BCUT2D eigenvalue weighted by Crippen LogP contribution is -2.49. The fourth-order valence-electron chi connectivity index (χ4n) is 5.11. The van der Waals surface area contributed by atoms with Crippen LogP contribution < -0.4 is 11.5 Å². The molecule has 164 valence electrons. The highest BCUT2D eigenvalue weighted by molar-refractivity contribution is 5.98. The maximum absolute atomic E-state index is 6.29. The third-order valence-corrected chi connectivity index (χ3v) is 7.05. The lowest BCUT2D eigenvalue weighted by atomic mass is 9.90. The molecule has 5 rings (SSSR count). The zero-order valence-corrected chi connectivity index (χ0v) is 18.2. The van der Waals surface area contributed by atoms with Crippen molar-refractivity contribution in [2.24, 2.45) is 5.73 Å². The second-order valence-electron chi connectivity index (χ2n) is 8.95. The van der Waals surface area contributed by atoms with Crippen molar-refractivity contribution in [1.29, 1.82) is 0 Å². The van der Waals surface area contributed by atoms with Gasteiger partial charge in [0.25, 0.3) is 0 Å². The molecule has 0 unspecified atom stereocenters. The normalized spacial score (nSPS) is 23.4. The monoisotopic (exact) mass is 420 g/mol. The molecule has 1 aromatic carbocycles. The second-order valence-corrected chi connectivity index (χ2v) is 8.95. The van der Waals surface area contributed by atoms with Gasteiger partial charge >= 0.3 is 0 Å². The van der Waals surface area contributed by atoms with Gasteiger partial charge in [-0.15, -0.1) is 0 Å². The summed E-state index contributed by atoms with van der Waals surface area (Å²) in [4.78, 5) is 13.9. The van der Waals surface area contributed by atoms with Crippen LogP contribution >= 0.6 is 0 Å². The topological polar surface area (TPSA) is 102 Å². The summed E-state index contributed by atoms with van der Waals surface area (Å²) in [6.45, 7) is 5.24. The van der Waals surface area contributed by atoms with Crippen LogP contribution in [0.4, 0.5) is 5.82 Å². The second kappa shape index (κ2) is 8.53. The van der Waals surface area contributed by atoms with Gasteiger partial charge in [0.1, 0.15) is 17.8 Å². The number of benzene rings is 1. The van der Waals surface area contributed by atoms with Crippen molar-refractivity contribution in [2.45, 2.75) is 44.3 Å². The maximum Gasteiger partial charge on any atom is 0.164 e. The van der Waals surface area contributed by atoms with Crippen LogP contribution in [0.15, 0.2) is 30.6 Å². The molecule has 1 aliphatic carbocycles. The largest absolute Gasteiger partial charge is 0.383 e. The Labute approximate surface area is 183 Å². The first-order valence-corrected chi connectivity index (χ1v) is 11.3. The molecular weight excluding hydrogens is 388 g/mol. The molecule has 2 aromatic heterocycles. The molecule has 0 bridgehead atoms. The number of nitrogen functional groups attached to an aromatic ring is 1. The molecular formula is C23H32N8. The smallest absolute Gasteiger partial charge is 0.164 e. The van der Waals surface area contributed by atoms with Gasteiger partial charge in [0, 0.05) is 44.3 Å². The van der Waals surface area contributed by atoms with Crippen LogP contribution in [0.2, 0.25) is 0 Å². The van der Waals surface area contributed by atoms with Gasteiger partial charge in [-0.25, -0.2) is 14.6 Å². The predicted octanol–water partition coefficient (Wildman–Crippen LogP) is 2.27. The third-order valence-electron chi connectivity index (χ3n) is 7.05. The molecule has 1 aliphatic heterocycles. The van der Waals surface area contributed by atoms with E-state index in [0.29, 0.717) is 24.4 Å². The minimum absolute atomic E-state index is 0.345. The van der Waals surface area contributed by atoms with Gasteiger partial charge in [0.15, 0.2) is 5.65 Å². The molecule has 0 atom stereocenters. The van der Waals surface area contributed by atoms with Crippen LogP contribution in [0.5, 0.6) is 0 Å². The Hall–Kier alpha value is -2.55. The first kappa shape index (κ1) is 20.4. The highest BCUT2D eigenvalue weighted by Crippen LogP contribution is 2.37.